The first-order chi connectivity index (χ1) is 12.5. The summed E-state index contributed by atoms with van der Waals surface area (Å²) in [5, 5.41) is 30.9. The van der Waals surface area contributed by atoms with E-state index in [4.69, 9.17) is 0 Å². The number of benzene rings is 2. The van der Waals surface area contributed by atoms with Crippen molar-refractivity contribution >= 4 is 34.9 Å². The van der Waals surface area contributed by atoms with Gasteiger partial charge in [0.05, 0.1) is 9.85 Å². The maximum atomic E-state index is 10.7. The molecule has 3 rings (SSSR count). The van der Waals surface area contributed by atoms with Gasteiger partial charge in [-0.25, -0.2) is 0 Å². The zero-order valence-electron chi connectivity index (χ0n) is 13.0. The van der Waals surface area contributed by atoms with E-state index in [9.17, 15) is 20.2 Å². The molecule has 0 spiro atoms. The van der Waals surface area contributed by atoms with Crippen molar-refractivity contribution in [3.63, 3.8) is 0 Å². The molecule has 0 aliphatic carbocycles. The van der Waals surface area contributed by atoms with Gasteiger partial charge in [0.25, 0.3) is 11.4 Å². The average molecular weight is 386 g/mol. The van der Waals surface area contributed by atoms with Crippen LogP contribution in [0.1, 0.15) is 0 Å². The van der Waals surface area contributed by atoms with Gasteiger partial charge < -0.3 is 0 Å². The number of hydrogen-bond acceptors (Lipinski definition) is 8. The molecule has 0 N–H and O–H groups in total. The number of hydrogen-bond donors (Lipinski definition) is 0. The van der Waals surface area contributed by atoms with Gasteiger partial charge in [-0.15, -0.1) is 10.2 Å². The molecule has 0 aliphatic heterocycles. The van der Waals surface area contributed by atoms with Crippen LogP contribution in [-0.4, -0.2) is 20.0 Å². The molecular formula is C16H10N4O4S2. The molecule has 0 saturated carbocycles. The summed E-state index contributed by atoms with van der Waals surface area (Å²) in [5.74, 6) is 0. The van der Waals surface area contributed by atoms with Crippen LogP contribution < -0.4 is 0 Å². The first-order valence-corrected chi connectivity index (χ1v) is 8.83. The average Bonchev–Trinajstić information content (AvgIpc) is 2.64. The van der Waals surface area contributed by atoms with Crippen molar-refractivity contribution in [2.24, 2.45) is 0 Å². The fraction of sp³-hybridized carbons (Fsp3) is 0. The van der Waals surface area contributed by atoms with Gasteiger partial charge in [-0.3, -0.25) is 20.2 Å². The van der Waals surface area contributed by atoms with E-state index in [1.165, 1.54) is 47.8 Å². The van der Waals surface area contributed by atoms with Crippen LogP contribution in [0.3, 0.4) is 0 Å². The Morgan fingerprint density at radius 2 is 0.962 bits per heavy atom. The lowest BCUT2D eigenvalue weighted by molar-refractivity contribution is -0.385. The number of aromatic nitrogens is 2. The van der Waals surface area contributed by atoms with Gasteiger partial charge in [-0.2, -0.15) is 0 Å². The third-order valence-electron chi connectivity index (χ3n) is 3.16. The Bertz CT molecular complexity index is 853. The van der Waals surface area contributed by atoms with Crippen molar-refractivity contribution in [3.8, 4) is 0 Å². The minimum atomic E-state index is -0.446. The fourth-order valence-corrected chi connectivity index (χ4v) is 3.39. The van der Waals surface area contributed by atoms with Crippen LogP contribution in [0.15, 0.2) is 80.5 Å². The Morgan fingerprint density at radius 1 is 0.615 bits per heavy atom. The molecule has 0 aliphatic rings. The molecule has 10 heteroatoms. The Kier molecular flexibility index (Phi) is 5.44. The van der Waals surface area contributed by atoms with Gasteiger partial charge >= 0.3 is 0 Å². The largest absolute Gasteiger partial charge is 0.269 e. The van der Waals surface area contributed by atoms with E-state index in [0.29, 0.717) is 10.1 Å². The molecule has 1 aromatic heterocycles. The van der Waals surface area contributed by atoms with E-state index >= 15 is 0 Å². The second-order valence-electron chi connectivity index (χ2n) is 4.92. The predicted octanol–water partition coefficient (Wildman–Crippen LogP) is 4.60. The smallest absolute Gasteiger partial charge is 0.258 e. The Labute approximate surface area is 156 Å². The van der Waals surface area contributed by atoms with Crippen LogP contribution in [0.4, 0.5) is 11.4 Å². The third kappa shape index (κ3) is 4.55. The van der Waals surface area contributed by atoms with Gasteiger partial charge in [0.15, 0.2) is 0 Å². The summed E-state index contributed by atoms with van der Waals surface area (Å²) in [6.07, 6.45) is 0. The van der Waals surface area contributed by atoms with E-state index < -0.39 is 9.85 Å². The lowest BCUT2D eigenvalue weighted by Crippen LogP contribution is -1.89. The van der Waals surface area contributed by atoms with Crippen LogP contribution >= 0.6 is 23.5 Å². The number of nitro groups is 2. The van der Waals surface area contributed by atoms with Gasteiger partial charge in [0.1, 0.15) is 10.1 Å². The maximum Gasteiger partial charge on any atom is 0.269 e. The van der Waals surface area contributed by atoms with Gasteiger partial charge in [-0.05, 0) is 36.4 Å². The van der Waals surface area contributed by atoms with Gasteiger partial charge in [0.2, 0.25) is 0 Å². The highest BCUT2D eigenvalue weighted by Crippen LogP contribution is 2.30. The number of nitrogens with zero attached hydrogens (tertiary/aromatic N) is 4. The SMILES string of the molecule is O=[N+]([O-])c1ccc(Sc2ccc(Sc3ccc([N+](=O)[O-])cc3)nn2)cc1. The van der Waals surface area contributed by atoms with Crippen LogP contribution in [0, 0.1) is 20.2 Å². The zero-order valence-corrected chi connectivity index (χ0v) is 14.6. The number of non-ortho nitro benzene ring substituents is 2. The molecule has 0 radical (unpaired) electrons. The summed E-state index contributed by atoms with van der Waals surface area (Å²) in [6, 6.07) is 16.0. The highest BCUT2D eigenvalue weighted by atomic mass is 32.2. The van der Waals surface area contributed by atoms with Crippen LogP contribution in [-0.2, 0) is 0 Å². The van der Waals surface area contributed by atoms with Crippen molar-refractivity contribution in [3.05, 3.63) is 80.9 Å². The molecule has 8 nitrogen and oxygen atoms in total. The highest BCUT2D eigenvalue weighted by molar-refractivity contribution is 7.99. The summed E-state index contributed by atoms with van der Waals surface area (Å²) < 4.78 is 0. The third-order valence-corrected chi connectivity index (χ3v) is 5.03. The van der Waals surface area contributed by atoms with Crippen LogP contribution in [0.25, 0.3) is 0 Å². The molecular weight excluding hydrogens is 376 g/mol. The van der Waals surface area contributed by atoms with E-state index in [-0.39, 0.29) is 11.4 Å². The summed E-state index contributed by atoms with van der Waals surface area (Å²) >= 11 is 2.70. The van der Waals surface area contributed by atoms with Crippen molar-refractivity contribution in [1.29, 1.82) is 0 Å². The molecule has 0 amide bonds. The summed E-state index contributed by atoms with van der Waals surface area (Å²) in [7, 11) is 0. The Balaban J connectivity index is 1.64. The van der Waals surface area contributed by atoms with Crippen molar-refractivity contribution in [2.75, 3.05) is 0 Å². The molecule has 0 saturated heterocycles. The summed E-state index contributed by atoms with van der Waals surface area (Å²) in [4.78, 5) is 22.0. The number of rotatable bonds is 6. The summed E-state index contributed by atoms with van der Waals surface area (Å²) in [6.45, 7) is 0. The molecule has 130 valence electrons. The number of nitro benzene ring substituents is 2. The predicted molar refractivity (Wildman–Crippen MR) is 96.5 cm³/mol. The molecule has 26 heavy (non-hydrogen) atoms. The van der Waals surface area contributed by atoms with E-state index in [1.807, 2.05) is 0 Å². The topological polar surface area (TPSA) is 112 Å². The van der Waals surface area contributed by atoms with Crippen LogP contribution in [0.5, 0.6) is 0 Å². The lowest BCUT2D eigenvalue weighted by atomic mass is 10.3. The standard InChI is InChI=1S/C16H10N4O4S2/c21-19(22)11-1-5-13(6-2-11)25-15-9-10-16(18-17-15)26-14-7-3-12(4-8-14)20(23)24/h1-10H. The minimum absolute atomic E-state index is 0.0373. The van der Waals surface area contributed by atoms with E-state index in [1.54, 1.807) is 36.4 Å². The van der Waals surface area contributed by atoms with Gasteiger partial charge in [-0.1, -0.05) is 23.5 Å². The maximum absolute atomic E-state index is 10.7. The first kappa shape index (κ1) is 17.8. The molecule has 0 bridgehead atoms. The molecule has 0 unspecified atom stereocenters. The molecule has 1 heterocycles. The zero-order chi connectivity index (χ0) is 18.5. The molecule has 0 atom stereocenters. The van der Waals surface area contributed by atoms with E-state index in [0.717, 1.165) is 9.79 Å². The van der Waals surface area contributed by atoms with Crippen LogP contribution in [0.2, 0.25) is 0 Å². The lowest BCUT2D eigenvalue weighted by Gasteiger charge is -2.02. The molecule has 3 aromatic rings. The summed E-state index contributed by atoms with van der Waals surface area (Å²) in [5.41, 5.74) is 0.0746. The Hall–Kier alpha value is -2.98. The fourth-order valence-electron chi connectivity index (χ4n) is 1.93. The normalized spacial score (nSPS) is 10.5. The Morgan fingerprint density at radius 3 is 1.23 bits per heavy atom. The second kappa shape index (κ2) is 7.93. The first-order valence-electron chi connectivity index (χ1n) is 7.19. The van der Waals surface area contributed by atoms with Crippen molar-refractivity contribution in [2.45, 2.75) is 19.8 Å². The van der Waals surface area contributed by atoms with Crippen molar-refractivity contribution < 1.29 is 9.85 Å². The van der Waals surface area contributed by atoms with E-state index in [2.05, 4.69) is 10.2 Å². The molecule has 0 fully saturated rings. The van der Waals surface area contributed by atoms with Crippen molar-refractivity contribution in [1.82, 2.24) is 10.2 Å². The van der Waals surface area contributed by atoms with Gasteiger partial charge in [0, 0.05) is 34.1 Å². The monoisotopic (exact) mass is 386 g/mol. The minimum Gasteiger partial charge on any atom is -0.258 e. The molecule has 2 aromatic carbocycles. The quantitative estimate of drug-likeness (QED) is 0.446. The highest BCUT2D eigenvalue weighted by Gasteiger charge is 2.08. The second-order valence-corrected chi connectivity index (χ2v) is 7.10.